The first-order valence-electron chi connectivity index (χ1n) is 9.34. The van der Waals surface area contributed by atoms with Crippen molar-refractivity contribution in [1.82, 2.24) is 20.5 Å². The Hall–Kier alpha value is -2.38. The average Bonchev–Trinajstić information content (AvgIpc) is 3.29. The van der Waals surface area contributed by atoms with Crippen LogP contribution in [0.4, 0.5) is 0 Å². The topological polar surface area (TPSA) is 72.1 Å². The number of aromatic nitrogens is 3. The fraction of sp³-hybridized carbons (Fsp3) is 0.400. The fourth-order valence-electron chi connectivity index (χ4n) is 4.02. The number of nitrogens with zero attached hydrogens (tertiary/aromatic N) is 2. The van der Waals surface area contributed by atoms with Gasteiger partial charge in [0.05, 0.1) is 6.20 Å². The SMILES string of the molecule is C[C@@H]1CC(Oc2nc3c(s2)-c2ccc(-c4cn[nH]c4)cc2CO3)C[C@H](C)N1. The lowest BCUT2D eigenvalue weighted by atomic mass is 9.98. The Morgan fingerprint density at radius 3 is 2.81 bits per heavy atom. The molecule has 3 aromatic rings. The molecule has 1 fully saturated rings. The molecule has 0 radical (unpaired) electrons. The Labute approximate surface area is 161 Å². The Bertz CT molecular complexity index is 943. The van der Waals surface area contributed by atoms with Crippen LogP contribution in [0.3, 0.4) is 0 Å². The van der Waals surface area contributed by atoms with Crippen LogP contribution < -0.4 is 14.8 Å². The van der Waals surface area contributed by atoms with E-state index in [1.165, 1.54) is 11.1 Å². The number of aromatic amines is 1. The second-order valence-electron chi connectivity index (χ2n) is 7.44. The zero-order valence-corrected chi connectivity index (χ0v) is 16.2. The molecule has 7 heteroatoms. The minimum absolute atomic E-state index is 0.201. The summed E-state index contributed by atoms with van der Waals surface area (Å²) in [5.41, 5.74) is 4.56. The summed E-state index contributed by atoms with van der Waals surface area (Å²) in [6, 6.07) is 7.36. The highest BCUT2D eigenvalue weighted by Gasteiger charge is 2.28. The molecule has 0 aliphatic carbocycles. The summed E-state index contributed by atoms with van der Waals surface area (Å²) in [4.78, 5) is 5.66. The lowest BCUT2D eigenvalue weighted by Gasteiger charge is -2.32. The molecule has 2 aliphatic rings. The van der Waals surface area contributed by atoms with Crippen molar-refractivity contribution in [2.24, 2.45) is 0 Å². The zero-order valence-electron chi connectivity index (χ0n) is 15.4. The number of fused-ring (bicyclic) bond motifs is 3. The smallest absolute Gasteiger partial charge is 0.277 e. The molecule has 2 aliphatic heterocycles. The van der Waals surface area contributed by atoms with Crippen LogP contribution in [0.1, 0.15) is 32.3 Å². The van der Waals surface area contributed by atoms with E-state index < -0.39 is 0 Å². The predicted octanol–water partition coefficient (Wildman–Crippen LogP) is 4.00. The number of piperidine rings is 1. The summed E-state index contributed by atoms with van der Waals surface area (Å²) >= 11 is 1.58. The summed E-state index contributed by atoms with van der Waals surface area (Å²) in [6.45, 7) is 4.93. The van der Waals surface area contributed by atoms with Crippen LogP contribution in [-0.2, 0) is 6.61 Å². The predicted molar refractivity (Wildman–Crippen MR) is 105 cm³/mol. The number of ether oxygens (including phenoxy) is 2. The van der Waals surface area contributed by atoms with Crippen LogP contribution >= 0.6 is 11.3 Å². The van der Waals surface area contributed by atoms with Gasteiger partial charge in [-0.25, -0.2) is 0 Å². The van der Waals surface area contributed by atoms with Crippen LogP contribution in [0.5, 0.6) is 11.1 Å². The Morgan fingerprint density at radius 2 is 2.04 bits per heavy atom. The van der Waals surface area contributed by atoms with Crippen LogP contribution in [0.25, 0.3) is 21.6 Å². The largest absolute Gasteiger partial charge is 0.472 e. The van der Waals surface area contributed by atoms with E-state index in [9.17, 15) is 0 Å². The van der Waals surface area contributed by atoms with Crippen molar-refractivity contribution in [3.05, 3.63) is 36.2 Å². The van der Waals surface area contributed by atoms with Crippen molar-refractivity contribution in [3.8, 4) is 32.6 Å². The Kier molecular flexibility index (Phi) is 4.13. The molecule has 5 rings (SSSR count). The number of rotatable bonds is 3. The molecular formula is C20H22N4O2S. The highest BCUT2D eigenvalue weighted by molar-refractivity contribution is 7.17. The molecule has 2 N–H and O–H groups in total. The number of benzene rings is 1. The molecule has 27 heavy (non-hydrogen) atoms. The van der Waals surface area contributed by atoms with Gasteiger partial charge in [-0.3, -0.25) is 5.10 Å². The molecule has 1 aromatic carbocycles. The van der Waals surface area contributed by atoms with Crippen LogP contribution in [-0.4, -0.2) is 33.4 Å². The minimum atomic E-state index is 0.201. The fourth-order valence-corrected chi connectivity index (χ4v) is 5.01. The van der Waals surface area contributed by atoms with Crippen molar-refractivity contribution >= 4 is 11.3 Å². The van der Waals surface area contributed by atoms with E-state index in [0.29, 0.717) is 29.8 Å². The number of nitrogens with one attached hydrogen (secondary N) is 2. The maximum atomic E-state index is 6.22. The van der Waals surface area contributed by atoms with E-state index >= 15 is 0 Å². The maximum Gasteiger partial charge on any atom is 0.277 e. The van der Waals surface area contributed by atoms with Crippen LogP contribution in [0, 0.1) is 0 Å². The number of hydrogen-bond acceptors (Lipinski definition) is 6. The molecule has 2 aromatic heterocycles. The molecule has 0 spiro atoms. The second kappa shape index (κ2) is 6.65. The van der Waals surface area contributed by atoms with Gasteiger partial charge in [0, 0.05) is 29.4 Å². The summed E-state index contributed by atoms with van der Waals surface area (Å²) in [5.74, 6) is 0.689. The molecule has 0 amide bonds. The molecule has 0 saturated carbocycles. The monoisotopic (exact) mass is 382 g/mol. The third-order valence-electron chi connectivity index (χ3n) is 5.19. The number of H-pyrrole nitrogens is 1. The highest BCUT2D eigenvalue weighted by atomic mass is 32.1. The molecule has 0 bridgehead atoms. The lowest BCUT2D eigenvalue weighted by Crippen LogP contribution is -2.46. The molecule has 4 heterocycles. The average molecular weight is 382 g/mol. The third kappa shape index (κ3) is 3.21. The quantitative estimate of drug-likeness (QED) is 0.716. The van der Waals surface area contributed by atoms with Crippen LogP contribution in [0.2, 0.25) is 0 Å². The van der Waals surface area contributed by atoms with Gasteiger partial charge in [-0.15, -0.1) is 0 Å². The first-order chi connectivity index (χ1) is 13.2. The standard InChI is InChI=1S/C20H22N4O2S/c1-11-5-16(6-12(2)23-11)26-20-24-19-18(27-20)17-4-3-13(7-14(17)10-25-19)15-8-21-22-9-15/h3-4,7-9,11-12,16,23H,5-6,10H2,1-2H3,(H,21,22)/t11-,12+,16?. The van der Waals surface area contributed by atoms with Crippen molar-refractivity contribution in [2.75, 3.05) is 0 Å². The number of thiazole rings is 1. The molecular weight excluding hydrogens is 360 g/mol. The van der Waals surface area contributed by atoms with E-state index in [1.807, 2.05) is 12.4 Å². The summed E-state index contributed by atoms with van der Waals surface area (Å²) in [7, 11) is 0. The van der Waals surface area contributed by atoms with Gasteiger partial charge >= 0.3 is 0 Å². The normalized spacial score (nSPS) is 24.0. The first-order valence-corrected chi connectivity index (χ1v) is 10.2. The van der Waals surface area contributed by atoms with Gasteiger partial charge in [0.1, 0.15) is 17.6 Å². The lowest BCUT2D eigenvalue weighted by molar-refractivity contribution is 0.122. The van der Waals surface area contributed by atoms with E-state index in [2.05, 4.69) is 52.5 Å². The molecule has 3 atom stereocenters. The van der Waals surface area contributed by atoms with Gasteiger partial charge in [-0.1, -0.05) is 23.5 Å². The maximum absolute atomic E-state index is 6.22. The van der Waals surface area contributed by atoms with Crippen molar-refractivity contribution in [2.45, 2.75) is 51.5 Å². The second-order valence-corrected chi connectivity index (χ2v) is 8.40. The van der Waals surface area contributed by atoms with Crippen LogP contribution in [0.15, 0.2) is 30.6 Å². The third-order valence-corrected chi connectivity index (χ3v) is 6.15. The molecule has 1 unspecified atom stereocenters. The molecule has 140 valence electrons. The minimum Gasteiger partial charge on any atom is -0.472 e. The zero-order chi connectivity index (χ0) is 18.4. The Morgan fingerprint density at radius 1 is 1.19 bits per heavy atom. The van der Waals surface area contributed by atoms with Crippen molar-refractivity contribution in [1.29, 1.82) is 0 Å². The summed E-state index contributed by atoms with van der Waals surface area (Å²) in [5, 5.41) is 11.1. The Balaban J connectivity index is 1.41. The van der Waals surface area contributed by atoms with Gasteiger partial charge in [-0.05, 0) is 43.9 Å². The van der Waals surface area contributed by atoms with E-state index in [4.69, 9.17) is 9.47 Å². The first kappa shape index (κ1) is 16.8. The van der Waals surface area contributed by atoms with Gasteiger partial charge in [0.15, 0.2) is 0 Å². The highest BCUT2D eigenvalue weighted by Crippen LogP contribution is 2.45. The van der Waals surface area contributed by atoms with Gasteiger partial charge in [-0.2, -0.15) is 10.1 Å². The summed E-state index contributed by atoms with van der Waals surface area (Å²) < 4.78 is 12.1. The van der Waals surface area contributed by atoms with Crippen molar-refractivity contribution < 1.29 is 9.47 Å². The van der Waals surface area contributed by atoms with E-state index in [0.717, 1.165) is 28.8 Å². The molecule has 6 nitrogen and oxygen atoms in total. The van der Waals surface area contributed by atoms with Gasteiger partial charge in [0.2, 0.25) is 5.88 Å². The van der Waals surface area contributed by atoms with Gasteiger partial charge in [0.25, 0.3) is 5.19 Å². The molecule has 1 saturated heterocycles. The van der Waals surface area contributed by atoms with Gasteiger partial charge < -0.3 is 14.8 Å². The van der Waals surface area contributed by atoms with E-state index in [1.54, 1.807) is 11.3 Å². The summed E-state index contributed by atoms with van der Waals surface area (Å²) in [6.07, 6.45) is 5.93. The van der Waals surface area contributed by atoms with E-state index in [-0.39, 0.29) is 6.10 Å². The number of hydrogen-bond donors (Lipinski definition) is 2. The van der Waals surface area contributed by atoms with Crippen molar-refractivity contribution in [3.63, 3.8) is 0 Å².